The van der Waals surface area contributed by atoms with Crippen molar-refractivity contribution in [2.45, 2.75) is 26.7 Å². The van der Waals surface area contributed by atoms with Crippen molar-refractivity contribution in [1.29, 1.82) is 0 Å². The highest BCUT2D eigenvalue weighted by atomic mass is 16.5. The van der Waals surface area contributed by atoms with E-state index >= 15 is 0 Å². The lowest BCUT2D eigenvalue weighted by Crippen LogP contribution is -2.36. The summed E-state index contributed by atoms with van der Waals surface area (Å²) in [7, 11) is 0. The topological polar surface area (TPSA) is 93.7 Å². The second-order valence-corrected chi connectivity index (χ2v) is 6.24. The fourth-order valence-corrected chi connectivity index (χ4v) is 2.63. The van der Waals surface area contributed by atoms with E-state index < -0.39 is 0 Å². The summed E-state index contributed by atoms with van der Waals surface area (Å²) < 4.78 is 15.9. The standard InChI is InChI=1S/C21H22N2O5/c1-15-19(7-9-27-15)21(25)23-12-20(24)22-11-16-4-2-5-17(10-16)13-26-14-18-6-3-8-28-18/h2-10H,11-14H2,1H3,(H,22,24)(H,23,25). The second kappa shape index (κ2) is 9.57. The highest BCUT2D eigenvalue weighted by Gasteiger charge is 2.12. The maximum atomic E-state index is 12.0. The lowest BCUT2D eigenvalue weighted by molar-refractivity contribution is -0.120. The second-order valence-electron chi connectivity index (χ2n) is 6.24. The quantitative estimate of drug-likeness (QED) is 0.593. The molecule has 28 heavy (non-hydrogen) atoms. The minimum absolute atomic E-state index is 0.102. The molecule has 0 aliphatic carbocycles. The Morgan fingerprint density at radius 3 is 2.57 bits per heavy atom. The molecule has 0 spiro atoms. The summed E-state index contributed by atoms with van der Waals surface area (Å²) in [5, 5.41) is 5.36. The molecule has 3 rings (SSSR count). The number of carbonyl (C=O) groups is 2. The van der Waals surface area contributed by atoms with Gasteiger partial charge in [-0.3, -0.25) is 9.59 Å². The molecular formula is C21H22N2O5. The minimum Gasteiger partial charge on any atom is -0.469 e. The molecule has 0 saturated carbocycles. The molecule has 7 nitrogen and oxygen atoms in total. The van der Waals surface area contributed by atoms with Crippen molar-refractivity contribution in [2.75, 3.05) is 6.54 Å². The molecule has 0 aliphatic heterocycles. The molecule has 2 heterocycles. The van der Waals surface area contributed by atoms with Gasteiger partial charge in [-0.05, 0) is 36.2 Å². The summed E-state index contributed by atoms with van der Waals surface area (Å²) >= 11 is 0. The first kappa shape index (κ1) is 19.4. The van der Waals surface area contributed by atoms with Gasteiger partial charge < -0.3 is 24.2 Å². The van der Waals surface area contributed by atoms with Crippen molar-refractivity contribution in [2.24, 2.45) is 0 Å². The van der Waals surface area contributed by atoms with E-state index in [0.29, 0.717) is 31.1 Å². The van der Waals surface area contributed by atoms with Crippen LogP contribution in [0.25, 0.3) is 0 Å². The van der Waals surface area contributed by atoms with Gasteiger partial charge in [0.1, 0.15) is 18.1 Å². The molecule has 1 aromatic carbocycles. The summed E-state index contributed by atoms with van der Waals surface area (Å²) in [6.45, 7) is 2.81. The van der Waals surface area contributed by atoms with E-state index in [9.17, 15) is 9.59 Å². The van der Waals surface area contributed by atoms with Crippen molar-refractivity contribution in [1.82, 2.24) is 10.6 Å². The normalized spacial score (nSPS) is 10.6. The van der Waals surface area contributed by atoms with Gasteiger partial charge in [0, 0.05) is 6.54 Å². The summed E-state index contributed by atoms with van der Waals surface area (Å²) in [5.74, 6) is 0.686. The lowest BCUT2D eigenvalue weighted by atomic mass is 10.1. The Morgan fingerprint density at radius 2 is 1.82 bits per heavy atom. The Morgan fingerprint density at radius 1 is 0.964 bits per heavy atom. The zero-order valence-corrected chi connectivity index (χ0v) is 15.6. The van der Waals surface area contributed by atoms with Crippen LogP contribution in [0.1, 0.15) is 33.0 Å². The molecule has 0 radical (unpaired) electrons. The third-order valence-electron chi connectivity index (χ3n) is 4.09. The molecule has 0 saturated heterocycles. The molecule has 2 amide bonds. The summed E-state index contributed by atoms with van der Waals surface area (Å²) in [6, 6.07) is 13.0. The number of amides is 2. The summed E-state index contributed by atoms with van der Waals surface area (Å²) in [5.41, 5.74) is 2.38. The van der Waals surface area contributed by atoms with E-state index in [1.165, 1.54) is 6.26 Å². The van der Waals surface area contributed by atoms with Gasteiger partial charge in [0.15, 0.2) is 0 Å². The highest BCUT2D eigenvalue weighted by Crippen LogP contribution is 2.10. The van der Waals surface area contributed by atoms with Crippen LogP contribution in [0.15, 0.2) is 63.8 Å². The van der Waals surface area contributed by atoms with Crippen LogP contribution in [-0.4, -0.2) is 18.4 Å². The largest absolute Gasteiger partial charge is 0.469 e. The van der Waals surface area contributed by atoms with E-state index in [2.05, 4.69) is 10.6 Å². The van der Waals surface area contributed by atoms with Gasteiger partial charge in [-0.25, -0.2) is 0 Å². The van der Waals surface area contributed by atoms with Crippen LogP contribution in [0.3, 0.4) is 0 Å². The smallest absolute Gasteiger partial charge is 0.255 e. The zero-order valence-electron chi connectivity index (χ0n) is 15.6. The Bertz CT molecular complexity index is 915. The molecule has 0 atom stereocenters. The first-order valence-corrected chi connectivity index (χ1v) is 8.89. The van der Waals surface area contributed by atoms with Gasteiger partial charge >= 0.3 is 0 Å². The fraction of sp³-hybridized carbons (Fsp3) is 0.238. The van der Waals surface area contributed by atoms with Crippen molar-refractivity contribution >= 4 is 11.8 Å². The van der Waals surface area contributed by atoms with Crippen molar-refractivity contribution < 1.29 is 23.2 Å². The number of benzene rings is 1. The third-order valence-corrected chi connectivity index (χ3v) is 4.09. The Labute approximate surface area is 162 Å². The number of nitrogens with one attached hydrogen (secondary N) is 2. The molecule has 0 bridgehead atoms. The molecule has 2 aromatic heterocycles. The summed E-state index contributed by atoms with van der Waals surface area (Å²) in [6.07, 6.45) is 3.05. The van der Waals surface area contributed by atoms with Crippen molar-refractivity contribution in [3.8, 4) is 0 Å². The predicted molar refractivity (Wildman–Crippen MR) is 101 cm³/mol. The molecule has 0 aliphatic rings. The van der Waals surface area contributed by atoms with Gasteiger partial charge in [0.05, 0.1) is 31.2 Å². The Kier molecular flexibility index (Phi) is 6.64. The van der Waals surface area contributed by atoms with E-state index in [1.807, 2.05) is 36.4 Å². The zero-order chi connectivity index (χ0) is 19.8. The first-order valence-electron chi connectivity index (χ1n) is 8.89. The van der Waals surface area contributed by atoms with Crippen LogP contribution in [-0.2, 0) is 29.3 Å². The number of hydrogen-bond donors (Lipinski definition) is 2. The van der Waals surface area contributed by atoms with Crippen molar-refractivity contribution in [3.63, 3.8) is 0 Å². The lowest BCUT2D eigenvalue weighted by Gasteiger charge is -2.09. The van der Waals surface area contributed by atoms with Gasteiger partial charge in [-0.15, -0.1) is 0 Å². The van der Waals surface area contributed by atoms with Crippen LogP contribution in [0, 0.1) is 6.92 Å². The number of furan rings is 2. The molecule has 0 fully saturated rings. The van der Waals surface area contributed by atoms with Crippen LogP contribution in [0.5, 0.6) is 0 Å². The molecular weight excluding hydrogens is 360 g/mol. The monoisotopic (exact) mass is 382 g/mol. The Balaban J connectivity index is 1.40. The van der Waals surface area contributed by atoms with Crippen LogP contribution >= 0.6 is 0 Å². The van der Waals surface area contributed by atoms with E-state index in [1.54, 1.807) is 19.3 Å². The van der Waals surface area contributed by atoms with Gasteiger partial charge in [0.25, 0.3) is 5.91 Å². The third kappa shape index (κ3) is 5.59. The van der Waals surface area contributed by atoms with Crippen LogP contribution in [0.2, 0.25) is 0 Å². The number of carbonyl (C=O) groups excluding carboxylic acids is 2. The van der Waals surface area contributed by atoms with E-state index in [0.717, 1.165) is 16.9 Å². The number of hydrogen-bond acceptors (Lipinski definition) is 5. The number of rotatable bonds is 9. The average Bonchev–Trinajstić information content (AvgIpc) is 3.36. The molecule has 7 heteroatoms. The number of aryl methyl sites for hydroxylation is 1. The molecule has 146 valence electrons. The fourth-order valence-electron chi connectivity index (χ4n) is 2.63. The molecule has 2 N–H and O–H groups in total. The maximum absolute atomic E-state index is 12.0. The van der Waals surface area contributed by atoms with E-state index in [-0.39, 0.29) is 18.4 Å². The summed E-state index contributed by atoms with van der Waals surface area (Å²) in [4.78, 5) is 23.9. The first-order chi connectivity index (χ1) is 13.6. The minimum atomic E-state index is -0.336. The van der Waals surface area contributed by atoms with Crippen LogP contribution < -0.4 is 10.6 Å². The highest BCUT2D eigenvalue weighted by molar-refractivity contribution is 5.97. The van der Waals surface area contributed by atoms with Gasteiger partial charge in [-0.2, -0.15) is 0 Å². The maximum Gasteiger partial charge on any atom is 0.255 e. The van der Waals surface area contributed by atoms with Gasteiger partial charge in [-0.1, -0.05) is 24.3 Å². The number of ether oxygens (including phenoxy) is 1. The predicted octanol–water partition coefficient (Wildman–Crippen LogP) is 2.94. The SMILES string of the molecule is Cc1occc1C(=O)NCC(=O)NCc1cccc(COCc2ccco2)c1. The Hall–Kier alpha value is -3.32. The molecule has 3 aromatic rings. The van der Waals surface area contributed by atoms with Crippen molar-refractivity contribution in [3.05, 3.63) is 83.2 Å². The van der Waals surface area contributed by atoms with E-state index in [4.69, 9.17) is 13.6 Å². The molecule has 0 unspecified atom stereocenters. The van der Waals surface area contributed by atoms with Gasteiger partial charge in [0.2, 0.25) is 5.91 Å². The van der Waals surface area contributed by atoms with Crippen LogP contribution in [0.4, 0.5) is 0 Å². The average molecular weight is 382 g/mol.